The molecule has 0 aliphatic rings. The number of hydrogen-bond acceptors (Lipinski definition) is 5. The van der Waals surface area contributed by atoms with Crippen molar-refractivity contribution in [2.24, 2.45) is 0 Å². The lowest BCUT2D eigenvalue weighted by Gasteiger charge is -2.10. The van der Waals surface area contributed by atoms with E-state index >= 15 is 0 Å². The summed E-state index contributed by atoms with van der Waals surface area (Å²) in [6.45, 7) is 3.30. The fraction of sp³-hybridized carbons (Fsp3) is 0.286. The summed E-state index contributed by atoms with van der Waals surface area (Å²) in [5, 5.41) is 17.4. The number of methoxy groups -OCH3 is 1. The van der Waals surface area contributed by atoms with Gasteiger partial charge in [0.15, 0.2) is 0 Å². The molecule has 1 heterocycles. The minimum Gasteiger partial charge on any atom is -0.495 e. The predicted octanol–water partition coefficient (Wildman–Crippen LogP) is 2.06. The molecule has 2 aromatic rings. The van der Waals surface area contributed by atoms with E-state index in [4.69, 9.17) is 4.74 Å². The molecule has 8 heteroatoms. The molecule has 0 bridgehead atoms. The fourth-order valence-electron chi connectivity index (χ4n) is 2.02. The van der Waals surface area contributed by atoms with E-state index in [1.165, 1.54) is 24.9 Å². The molecule has 0 radical (unpaired) electrons. The van der Waals surface area contributed by atoms with Gasteiger partial charge in [-0.25, -0.2) is 0 Å². The van der Waals surface area contributed by atoms with Crippen LogP contribution in [0.25, 0.3) is 0 Å². The Hall–Kier alpha value is -2.90. The van der Waals surface area contributed by atoms with Gasteiger partial charge in [-0.1, -0.05) is 6.07 Å². The van der Waals surface area contributed by atoms with E-state index in [1.54, 1.807) is 12.1 Å². The maximum Gasteiger partial charge on any atom is 0.309 e. The second-order valence-electron chi connectivity index (χ2n) is 4.81. The smallest absolute Gasteiger partial charge is 0.309 e. The highest BCUT2D eigenvalue weighted by Crippen LogP contribution is 2.25. The maximum absolute atomic E-state index is 12.1. The van der Waals surface area contributed by atoms with Crippen LogP contribution < -0.4 is 10.1 Å². The first-order valence-corrected chi connectivity index (χ1v) is 6.53. The van der Waals surface area contributed by atoms with Crippen molar-refractivity contribution in [1.29, 1.82) is 0 Å². The first-order chi connectivity index (χ1) is 10.4. The van der Waals surface area contributed by atoms with Crippen LogP contribution in [0.4, 0.5) is 11.4 Å². The van der Waals surface area contributed by atoms with Gasteiger partial charge in [0.25, 0.3) is 0 Å². The number of ether oxygens (including phenoxy) is 1. The van der Waals surface area contributed by atoms with Gasteiger partial charge in [-0.05, 0) is 31.5 Å². The van der Waals surface area contributed by atoms with Crippen molar-refractivity contribution in [2.45, 2.75) is 20.4 Å². The Bertz CT molecular complexity index is 724. The maximum atomic E-state index is 12.1. The summed E-state index contributed by atoms with van der Waals surface area (Å²) < 4.78 is 6.42. The molecule has 1 N–H and O–H groups in total. The Balaban J connectivity index is 2.12. The topological polar surface area (TPSA) is 99.3 Å². The minimum absolute atomic E-state index is 0.110. The van der Waals surface area contributed by atoms with Crippen molar-refractivity contribution in [3.8, 4) is 5.75 Å². The van der Waals surface area contributed by atoms with Crippen LogP contribution in [-0.4, -0.2) is 27.7 Å². The molecule has 8 nitrogen and oxygen atoms in total. The van der Waals surface area contributed by atoms with Crippen LogP contribution in [0.1, 0.15) is 11.3 Å². The number of nitrogens with zero attached hydrogens (tertiary/aromatic N) is 3. The van der Waals surface area contributed by atoms with Crippen molar-refractivity contribution >= 4 is 17.3 Å². The van der Waals surface area contributed by atoms with Crippen molar-refractivity contribution in [2.75, 3.05) is 12.4 Å². The number of amides is 1. The standard InChI is InChI=1S/C14H16N4O4/c1-9-4-5-13(22-3)11(6-9)15-14(19)8-17-7-12(18(20)21)10(2)16-17/h4-7H,8H2,1-3H3,(H,15,19). The number of carbonyl (C=O) groups is 1. The number of hydrogen-bond donors (Lipinski definition) is 1. The zero-order valence-corrected chi connectivity index (χ0v) is 12.5. The van der Waals surface area contributed by atoms with E-state index in [1.807, 2.05) is 13.0 Å². The zero-order valence-electron chi connectivity index (χ0n) is 12.5. The van der Waals surface area contributed by atoms with Gasteiger partial charge in [0.2, 0.25) is 5.91 Å². The first-order valence-electron chi connectivity index (χ1n) is 6.53. The van der Waals surface area contributed by atoms with E-state index in [0.29, 0.717) is 11.4 Å². The largest absolute Gasteiger partial charge is 0.495 e. The van der Waals surface area contributed by atoms with Crippen LogP contribution in [0.5, 0.6) is 5.75 Å². The molecule has 1 aromatic carbocycles. The molecule has 2 rings (SSSR count). The molecule has 0 aliphatic carbocycles. The average molecular weight is 304 g/mol. The van der Waals surface area contributed by atoms with Crippen LogP contribution in [0.2, 0.25) is 0 Å². The van der Waals surface area contributed by atoms with Gasteiger partial charge in [-0.2, -0.15) is 5.10 Å². The second-order valence-corrected chi connectivity index (χ2v) is 4.81. The zero-order chi connectivity index (χ0) is 16.3. The molecule has 0 aliphatic heterocycles. The van der Waals surface area contributed by atoms with Crippen molar-refractivity contribution < 1.29 is 14.5 Å². The highest BCUT2D eigenvalue weighted by molar-refractivity contribution is 5.92. The van der Waals surface area contributed by atoms with E-state index in [2.05, 4.69) is 10.4 Å². The molecule has 0 atom stereocenters. The second kappa shape index (κ2) is 6.25. The molecule has 22 heavy (non-hydrogen) atoms. The van der Waals surface area contributed by atoms with Crippen molar-refractivity contribution in [1.82, 2.24) is 9.78 Å². The van der Waals surface area contributed by atoms with Crippen molar-refractivity contribution in [3.05, 3.63) is 45.8 Å². The fourth-order valence-corrected chi connectivity index (χ4v) is 2.02. The molecule has 0 saturated heterocycles. The number of anilines is 1. The van der Waals surface area contributed by atoms with Crippen LogP contribution in [-0.2, 0) is 11.3 Å². The van der Waals surface area contributed by atoms with Crippen LogP contribution >= 0.6 is 0 Å². The Morgan fingerprint density at radius 3 is 2.77 bits per heavy atom. The third kappa shape index (κ3) is 3.40. The summed E-state index contributed by atoms with van der Waals surface area (Å²) in [6, 6.07) is 5.41. The number of carbonyl (C=O) groups excluding carboxylic acids is 1. The number of nitrogens with one attached hydrogen (secondary N) is 1. The lowest BCUT2D eigenvalue weighted by Crippen LogP contribution is -2.19. The van der Waals surface area contributed by atoms with Gasteiger partial charge in [0.05, 0.1) is 17.7 Å². The van der Waals surface area contributed by atoms with Crippen molar-refractivity contribution in [3.63, 3.8) is 0 Å². The quantitative estimate of drug-likeness (QED) is 0.673. The van der Waals surface area contributed by atoms with E-state index in [0.717, 1.165) is 5.56 Å². The summed E-state index contributed by atoms with van der Waals surface area (Å²) in [5.74, 6) is 0.197. The highest BCUT2D eigenvalue weighted by Gasteiger charge is 2.17. The number of aromatic nitrogens is 2. The highest BCUT2D eigenvalue weighted by atomic mass is 16.6. The van der Waals surface area contributed by atoms with Gasteiger partial charge in [0.1, 0.15) is 24.2 Å². The van der Waals surface area contributed by atoms with Gasteiger partial charge in [-0.3, -0.25) is 19.6 Å². The molecule has 0 spiro atoms. The Labute approximate surface area is 126 Å². The first kappa shape index (κ1) is 15.5. The van der Waals surface area contributed by atoms with E-state index < -0.39 is 4.92 Å². The van der Waals surface area contributed by atoms with E-state index in [9.17, 15) is 14.9 Å². The van der Waals surface area contributed by atoms with Crippen LogP contribution in [0, 0.1) is 24.0 Å². The summed E-state index contributed by atoms with van der Waals surface area (Å²) >= 11 is 0. The third-order valence-corrected chi connectivity index (χ3v) is 3.05. The van der Waals surface area contributed by atoms with Gasteiger partial charge in [-0.15, -0.1) is 0 Å². The number of nitro groups is 1. The predicted molar refractivity (Wildman–Crippen MR) is 80.0 cm³/mol. The molecule has 1 amide bonds. The summed E-state index contributed by atoms with van der Waals surface area (Å²) in [6.07, 6.45) is 1.24. The lowest BCUT2D eigenvalue weighted by atomic mass is 10.2. The van der Waals surface area contributed by atoms with Gasteiger partial charge >= 0.3 is 5.69 Å². The van der Waals surface area contributed by atoms with Gasteiger partial charge in [0, 0.05) is 0 Å². The number of aryl methyl sites for hydroxylation is 2. The minimum atomic E-state index is -0.527. The Morgan fingerprint density at radius 1 is 1.45 bits per heavy atom. The molecule has 1 aromatic heterocycles. The molecule has 0 unspecified atom stereocenters. The van der Waals surface area contributed by atoms with Crippen LogP contribution in [0.3, 0.4) is 0 Å². The molecular weight excluding hydrogens is 288 g/mol. The summed E-state index contributed by atoms with van der Waals surface area (Å²) in [4.78, 5) is 22.3. The Kier molecular flexibility index (Phi) is 4.40. The molecule has 0 saturated carbocycles. The number of rotatable bonds is 5. The average Bonchev–Trinajstić information content (AvgIpc) is 2.79. The molecule has 0 fully saturated rings. The Morgan fingerprint density at radius 2 is 2.18 bits per heavy atom. The summed E-state index contributed by atoms with van der Waals surface area (Å²) in [5.41, 5.74) is 1.68. The SMILES string of the molecule is COc1ccc(C)cc1NC(=O)Cn1cc([N+](=O)[O-])c(C)n1. The lowest BCUT2D eigenvalue weighted by molar-refractivity contribution is -0.385. The molecular formula is C14H16N4O4. The van der Waals surface area contributed by atoms with Crippen LogP contribution in [0.15, 0.2) is 24.4 Å². The third-order valence-electron chi connectivity index (χ3n) is 3.05. The van der Waals surface area contributed by atoms with E-state index in [-0.39, 0.29) is 23.8 Å². The molecule has 116 valence electrons. The normalized spacial score (nSPS) is 10.3. The number of benzene rings is 1. The summed E-state index contributed by atoms with van der Waals surface area (Å²) in [7, 11) is 1.51. The van der Waals surface area contributed by atoms with Gasteiger partial charge < -0.3 is 10.1 Å². The monoisotopic (exact) mass is 304 g/mol.